The summed E-state index contributed by atoms with van der Waals surface area (Å²) in [6.07, 6.45) is 4.00. The van der Waals surface area contributed by atoms with Crippen LogP contribution in [0.4, 0.5) is 10.6 Å². The van der Waals surface area contributed by atoms with E-state index >= 15 is 0 Å². The van der Waals surface area contributed by atoms with Crippen molar-refractivity contribution in [2.24, 2.45) is 5.41 Å². The molecule has 4 rings (SSSR count). The standard InChI is InChI=1S/C22H31ClN6O2/c1-15-17-12-24-18(11-16(17)19(23)27-26-15)25-13-22(5-6-22)14-28-7-9-29(10-8-28)20(30)31-21(2,3)4/h11-12H,5-10,13-14H2,1-4H3,(H,24,25). The first kappa shape index (κ1) is 22.0. The molecule has 2 aromatic heterocycles. The molecule has 1 amide bonds. The van der Waals surface area contributed by atoms with Crippen LogP contribution in [0.2, 0.25) is 5.15 Å². The Balaban J connectivity index is 1.30. The number of fused-ring (bicyclic) bond motifs is 1. The minimum absolute atomic E-state index is 0.212. The first-order valence-corrected chi connectivity index (χ1v) is 11.2. The predicted molar refractivity (Wildman–Crippen MR) is 121 cm³/mol. The van der Waals surface area contributed by atoms with Crippen LogP contribution in [-0.2, 0) is 4.74 Å². The highest BCUT2D eigenvalue weighted by molar-refractivity contribution is 6.34. The molecule has 1 saturated heterocycles. The molecule has 168 valence electrons. The lowest BCUT2D eigenvalue weighted by Crippen LogP contribution is -2.51. The molecule has 1 saturated carbocycles. The Kier molecular flexibility index (Phi) is 5.96. The molecule has 0 aromatic carbocycles. The second kappa shape index (κ2) is 8.39. The average molecular weight is 447 g/mol. The third kappa shape index (κ3) is 5.36. The van der Waals surface area contributed by atoms with Crippen LogP contribution in [0.1, 0.15) is 39.3 Å². The molecule has 0 atom stereocenters. The van der Waals surface area contributed by atoms with Crippen LogP contribution < -0.4 is 5.32 Å². The number of aromatic nitrogens is 3. The summed E-state index contributed by atoms with van der Waals surface area (Å²) >= 11 is 6.23. The molecular formula is C22H31ClN6O2. The molecule has 8 nitrogen and oxygen atoms in total. The first-order valence-electron chi connectivity index (χ1n) is 10.9. The Hall–Kier alpha value is -2.19. The van der Waals surface area contributed by atoms with Crippen LogP contribution in [0.25, 0.3) is 10.8 Å². The number of amides is 1. The first-order chi connectivity index (χ1) is 14.6. The van der Waals surface area contributed by atoms with Crippen LogP contribution in [-0.4, -0.2) is 75.9 Å². The maximum absolute atomic E-state index is 12.3. The molecule has 0 radical (unpaired) electrons. The van der Waals surface area contributed by atoms with Gasteiger partial charge in [-0.2, -0.15) is 5.10 Å². The summed E-state index contributed by atoms with van der Waals surface area (Å²) < 4.78 is 5.49. The predicted octanol–water partition coefficient (Wildman–Crippen LogP) is 3.73. The minimum atomic E-state index is -0.454. The monoisotopic (exact) mass is 446 g/mol. The fourth-order valence-electron chi connectivity index (χ4n) is 3.97. The molecule has 1 N–H and O–H groups in total. The summed E-state index contributed by atoms with van der Waals surface area (Å²) in [5.41, 5.74) is 0.633. The van der Waals surface area contributed by atoms with Crippen molar-refractivity contribution in [2.75, 3.05) is 44.6 Å². The van der Waals surface area contributed by atoms with Gasteiger partial charge in [-0.3, -0.25) is 4.90 Å². The van der Waals surface area contributed by atoms with Crippen LogP contribution in [0.15, 0.2) is 12.3 Å². The van der Waals surface area contributed by atoms with Gasteiger partial charge in [-0.05, 0) is 46.6 Å². The van der Waals surface area contributed by atoms with Crippen molar-refractivity contribution in [1.29, 1.82) is 0 Å². The van der Waals surface area contributed by atoms with E-state index in [9.17, 15) is 4.79 Å². The van der Waals surface area contributed by atoms with Crippen molar-refractivity contribution in [3.63, 3.8) is 0 Å². The van der Waals surface area contributed by atoms with Gasteiger partial charge in [0.25, 0.3) is 0 Å². The quantitative estimate of drug-likeness (QED) is 0.749. The Morgan fingerprint density at radius 3 is 2.55 bits per heavy atom. The number of piperazine rings is 1. The van der Waals surface area contributed by atoms with Gasteiger partial charge in [0, 0.05) is 61.7 Å². The summed E-state index contributed by atoms with van der Waals surface area (Å²) in [4.78, 5) is 21.1. The van der Waals surface area contributed by atoms with Crippen molar-refractivity contribution >= 4 is 34.3 Å². The number of carbonyl (C=O) groups excluding carboxylic acids is 1. The molecule has 0 bridgehead atoms. The molecule has 2 fully saturated rings. The molecule has 2 aromatic rings. The minimum Gasteiger partial charge on any atom is -0.444 e. The second-order valence-electron chi connectivity index (χ2n) is 9.79. The third-order valence-corrected chi connectivity index (χ3v) is 6.27. The number of nitrogens with zero attached hydrogens (tertiary/aromatic N) is 5. The maximum Gasteiger partial charge on any atom is 0.410 e. The smallest absolute Gasteiger partial charge is 0.410 e. The van der Waals surface area contributed by atoms with Gasteiger partial charge in [-0.1, -0.05) is 11.6 Å². The van der Waals surface area contributed by atoms with E-state index in [1.165, 1.54) is 12.8 Å². The number of nitrogens with one attached hydrogen (secondary N) is 1. The molecule has 3 heterocycles. The number of anilines is 1. The zero-order chi connectivity index (χ0) is 22.2. The van der Waals surface area contributed by atoms with E-state index in [0.717, 1.165) is 48.5 Å². The largest absolute Gasteiger partial charge is 0.444 e. The van der Waals surface area contributed by atoms with Crippen LogP contribution >= 0.6 is 11.6 Å². The van der Waals surface area contributed by atoms with Gasteiger partial charge in [0.15, 0.2) is 5.15 Å². The third-order valence-electron chi connectivity index (χ3n) is 5.99. The normalized spacial score (nSPS) is 18.8. The van der Waals surface area contributed by atoms with E-state index in [1.807, 2.05) is 44.9 Å². The van der Waals surface area contributed by atoms with E-state index in [1.54, 1.807) is 0 Å². The lowest BCUT2D eigenvalue weighted by atomic mass is 10.1. The summed E-state index contributed by atoms with van der Waals surface area (Å²) in [7, 11) is 0. The molecule has 0 unspecified atom stereocenters. The number of aryl methyl sites for hydroxylation is 1. The average Bonchev–Trinajstić information content (AvgIpc) is 3.48. The highest BCUT2D eigenvalue weighted by Gasteiger charge is 2.44. The Morgan fingerprint density at radius 1 is 1.19 bits per heavy atom. The summed E-state index contributed by atoms with van der Waals surface area (Å²) in [6.45, 7) is 12.7. The lowest BCUT2D eigenvalue weighted by molar-refractivity contribution is 0.0131. The van der Waals surface area contributed by atoms with E-state index in [2.05, 4.69) is 25.4 Å². The van der Waals surface area contributed by atoms with Crippen LogP contribution in [0, 0.1) is 12.3 Å². The number of ether oxygens (including phenoxy) is 1. The summed E-state index contributed by atoms with van der Waals surface area (Å²) in [5.74, 6) is 0.808. The number of hydrogen-bond donors (Lipinski definition) is 1. The highest BCUT2D eigenvalue weighted by atomic mass is 35.5. The Labute approximate surface area is 188 Å². The number of pyridine rings is 1. The Morgan fingerprint density at radius 2 is 1.90 bits per heavy atom. The number of carbonyl (C=O) groups is 1. The van der Waals surface area contributed by atoms with Gasteiger partial charge in [0.05, 0.1) is 5.69 Å². The Bertz CT molecular complexity index is 964. The van der Waals surface area contributed by atoms with Crippen molar-refractivity contribution in [3.8, 4) is 0 Å². The van der Waals surface area contributed by atoms with Crippen molar-refractivity contribution in [3.05, 3.63) is 23.1 Å². The van der Waals surface area contributed by atoms with Gasteiger partial charge < -0.3 is 15.0 Å². The van der Waals surface area contributed by atoms with E-state index < -0.39 is 5.60 Å². The zero-order valence-electron chi connectivity index (χ0n) is 18.7. The molecule has 9 heteroatoms. The van der Waals surface area contributed by atoms with E-state index in [0.29, 0.717) is 18.2 Å². The summed E-state index contributed by atoms with van der Waals surface area (Å²) in [6, 6.07) is 1.95. The van der Waals surface area contributed by atoms with Gasteiger partial charge in [-0.25, -0.2) is 9.78 Å². The molecule has 31 heavy (non-hydrogen) atoms. The van der Waals surface area contributed by atoms with Crippen molar-refractivity contribution < 1.29 is 9.53 Å². The van der Waals surface area contributed by atoms with E-state index in [-0.39, 0.29) is 11.5 Å². The maximum atomic E-state index is 12.3. The number of hydrogen-bond acceptors (Lipinski definition) is 7. The summed E-state index contributed by atoms with van der Waals surface area (Å²) in [5, 5.41) is 13.7. The number of halogens is 1. The molecule has 0 spiro atoms. The van der Waals surface area contributed by atoms with Gasteiger partial charge in [-0.15, -0.1) is 5.10 Å². The van der Waals surface area contributed by atoms with E-state index in [4.69, 9.17) is 16.3 Å². The molecule has 2 aliphatic rings. The SMILES string of the molecule is Cc1nnc(Cl)c2cc(NCC3(CN4CCN(C(=O)OC(C)(C)C)CC4)CC3)ncc12. The van der Waals surface area contributed by atoms with Crippen LogP contribution in [0.5, 0.6) is 0 Å². The second-order valence-corrected chi connectivity index (χ2v) is 10.1. The fourth-order valence-corrected chi connectivity index (χ4v) is 4.17. The topological polar surface area (TPSA) is 83.5 Å². The van der Waals surface area contributed by atoms with Crippen molar-refractivity contribution in [2.45, 2.75) is 46.1 Å². The fraction of sp³-hybridized carbons (Fsp3) is 0.636. The molecule has 1 aliphatic heterocycles. The van der Waals surface area contributed by atoms with Gasteiger partial charge in [0.1, 0.15) is 11.4 Å². The number of rotatable bonds is 5. The zero-order valence-corrected chi connectivity index (χ0v) is 19.5. The van der Waals surface area contributed by atoms with Crippen molar-refractivity contribution in [1.82, 2.24) is 25.0 Å². The van der Waals surface area contributed by atoms with Crippen LogP contribution in [0.3, 0.4) is 0 Å². The van der Waals surface area contributed by atoms with Gasteiger partial charge in [0.2, 0.25) is 0 Å². The molecule has 1 aliphatic carbocycles. The highest BCUT2D eigenvalue weighted by Crippen LogP contribution is 2.46. The molecular weight excluding hydrogens is 416 g/mol. The lowest BCUT2D eigenvalue weighted by Gasteiger charge is -2.37. The van der Waals surface area contributed by atoms with Gasteiger partial charge >= 0.3 is 6.09 Å².